The summed E-state index contributed by atoms with van der Waals surface area (Å²) in [7, 11) is 2.08. The van der Waals surface area contributed by atoms with E-state index in [0.29, 0.717) is 13.0 Å². The van der Waals surface area contributed by atoms with E-state index in [1.54, 1.807) is 12.5 Å². The van der Waals surface area contributed by atoms with Crippen molar-refractivity contribution in [3.05, 3.63) is 24.2 Å². The Bertz CT molecular complexity index is 370. The van der Waals surface area contributed by atoms with Gasteiger partial charge in [0.15, 0.2) is 0 Å². The molecule has 1 unspecified atom stereocenters. The minimum Gasteiger partial charge on any atom is -0.472 e. The lowest BCUT2D eigenvalue weighted by Crippen LogP contribution is -2.50. The van der Waals surface area contributed by atoms with Crippen LogP contribution >= 0.6 is 0 Å². The van der Waals surface area contributed by atoms with Gasteiger partial charge in [-0.3, -0.25) is 4.79 Å². The van der Waals surface area contributed by atoms with Gasteiger partial charge in [-0.15, -0.1) is 0 Å². The smallest absolute Gasteiger partial charge is 0.227 e. The van der Waals surface area contributed by atoms with E-state index >= 15 is 0 Å². The monoisotopic (exact) mass is 251 g/mol. The quantitative estimate of drug-likeness (QED) is 0.828. The fraction of sp³-hybridized carbons (Fsp3) is 0.615. The van der Waals surface area contributed by atoms with Gasteiger partial charge in [-0.2, -0.15) is 0 Å². The van der Waals surface area contributed by atoms with Crippen LogP contribution in [0.3, 0.4) is 0 Å². The van der Waals surface area contributed by atoms with E-state index in [9.17, 15) is 4.79 Å². The number of amides is 1. The summed E-state index contributed by atoms with van der Waals surface area (Å²) in [6.45, 7) is 3.87. The second-order valence-electron chi connectivity index (χ2n) is 4.90. The van der Waals surface area contributed by atoms with Crippen molar-refractivity contribution in [2.45, 2.75) is 6.42 Å². The SMILES string of the molecule is CN1CCN(C(=O)C(CN)Cc2ccoc2)CC1. The van der Waals surface area contributed by atoms with Crippen molar-refractivity contribution in [1.82, 2.24) is 9.80 Å². The number of carbonyl (C=O) groups excluding carboxylic acids is 1. The first kappa shape index (κ1) is 13.1. The third-order valence-corrected chi connectivity index (χ3v) is 3.51. The van der Waals surface area contributed by atoms with Crippen LogP contribution in [0.1, 0.15) is 5.56 Å². The number of rotatable bonds is 4. The minimum absolute atomic E-state index is 0.133. The summed E-state index contributed by atoms with van der Waals surface area (Å²) in [6, 6.07) is 1.89. The molecule has 1 saturated heterocycles. The van der Waals surface area contributed by atoms with Crippen molar-refractivity contribution in [2.75, 3.05) is 39.8 Å². The molecule has 1 amide bonds. The number of hydrogen-bond donors (Lipinski definition) is 1. The van der Waals surface area contributed by atoms with E-state index in [-0.39, 0.29) is 11.8 Å². The molecule has 100 valence electrons. The second kappa shape index (κ2) is 6.02. The Balaban J connectivity index is 1.93. The summed E-state index contributed by atoms with van der Waals surface area (Å²) < 4.78 is 5.03. The lowest BCUT2D eigenvalue weighted by molar-refractivity contribution is -0.136. The van der Waals surface area contributed by atoms with Crippen LogP contribution in [0.4, 0.5) is 0 Å². The normalized spacial score (nSPS) is 18.9. The molecule has 0 bridgehead atoms. The van der Waals surface area contributed by atoms with Crippen molar-refractivity contribution in [3.63, 3.8) is 0 Å². The summed E-state index contributed by atoms with van der Waals surface area (Å²) in [6.07, 6.45) is 3.97. The lowest BCUT2D eigenvalue weighted by Gasteiger charge is -2.34. The van der Waals surface area contributed by atoms with Crippen LogP contribution in [0.5, 0.6) is 0 Å². The molecule has 0 radical (unpaired) electrons. The zero-order valence-corrected chi connectivity index (χ0v) is 10.8. The van der Waals surface area contributed by atoms with Crippen LogP contribution in [0, 0.1) is 5.92 Å². The van der Waals surface area contributed by atoms with Gasteiger partial charge in [0, 0.05) is 32.7 Å². The average molecular weight is 251 g/mol. The van der Waals surface area contributed by atoms with Crippen molar-refractivity contribution < 1.29 is 9.21 Å². The molecule has 0 aliphatic carbocycles. The highest BCUT2D eigenvalue weighted by molar-refractivity contribution is 5.79. The van der Waals surface area contributed by atoms with Gasteiger partial charge >= 0.3 is 0 Å². The fourth-order valence-corrected chi connectivity index (χ4v) is 2.25. The molecule has 2 rings (SSSR count). The van der Waals surface area contributed by atoms with E-state index in [0.717, 1.165) is 31.7 Å². The third-order valence-electron chi connectivity index (χ3n) is 3.51. The van der Waals surface area contributed by atoms with Crippen LogP contribution < -0.4 is 5.73 Å². The summed E-state index contributed by atoms with van der Waals surface area (Å²) in [5.41, 5.74) is 6.77. The molecular weight excluding hydrogens is 230 g/mol. The van der Waals surface area contributed by atoms with Crippen LogP contribution in [0.25, 0.3) is 0 Å². The van der Waals surface area contributed by atoms with Gasteiger partial charge < -0.3 is 20.0 Å². The van der Waals surface area contributed by atoms with E-state index < -0.39 is 0 Å². The Morgan fingerprint density at radius 2 is 2.17 bits per heavy atom. The van der Waals surface area contributed by atoms with E-state index in [2.05, 4.69) is 11.9 Å². The Kier molecular flexibility index (Phi) is 4.38. The molecule has 1 aromatic rings. The van der Waals surface area contributed by atoms with Gasteiger partial charge in [0.1, 0.15) is 0 Å². The molecule has 2 heterocycles. The van der Waals surface area contributed by atoms with Crippen LogP contribution in [-0.2, 0) is 11.2 Å². The van der Waals surface area contributed by atoms with Crippen LogP contribution in [0.15, 0.2) is 23.0 Å². The van der Waals surface area contributed by atoms with Crippen molar-refractivity contribution >= 4 is 5.91 Å². The Labute approximate surface area is 108 Å². The predicted molar refractivity (Wildman–Crippen MR) is 69.0 cm³/mol. The highest BCUT2D eigenvalue weighted by Crippen LogP contribution is 2.13. The first-order chi connectivity index (χ1) is 8.70. The standard InChI is InChI=1S/C13H21N3O2/c1-15-3-5-16(6-4-15)13(17)12(9-14)8-11-2-7-18-10-11/h2,7,10,12H,3-6,8-9,14H2,1H3. The zero-order valence-electron chi connectivity index (χ0n) is 10.8. The largest absolute Gasteiger partial charge is 0.472 e. The predicted octanol–water partition coefficient (Wildman–Crippen LogP) is 0.171. The Hall–Kier alpha value is -1.33. The van der Waals surface area contributed by atoms with Crippen LogP contribution in [-0.4, -0.2) is 55.5 Å². The maximum absolute atomic E-state index is 12.4. The first-order valence-electron chi connectivity index (χ1n) is 6.39. The average Bonchev–Trinajstić information content (AvgIpc) is 2.89. The van der Waals surface area contributed by atoms with Crippen molar-refractivity contribution in [1.29, 1.82) is 0 Å². The molecule has 1 fully saturated rings. The van der Waals surface area contributed by atoms with Crippen LogP contribution in [0.2, 0.25) is 0 Å². The topological polar surface area (TPSA) is 62.7 Å². The Morgan fingerprint density at radius 1 is 1.44 bits per heavy atom. The minimum atomic E-state index is -0.133. The molecule has 0 aromatic carbocycles. The molecule has 1 aromatic heterocycles. The third kappa shape index (κ3) is 3.11. The van der Waals surface area contributed by atoms with Gasteiger partial charge in [0.25, 0.3) is 0 Å². The number of nitrogens with zero attached hydrogens (tertiary/aromatic N) is 2. The van der Waals surface area contributed by atoms with E-state index in [1.807, 2.05) is 11.0 Å². The number of piperazine rings is 1. The molecule has 2 N–H and O–H groups in total. The molecule has 1 aliphatic heterocycles. The summed E-state index contributed by atoms with van der Waals surface area (Å²) in [5, 5.41) is 0. The van der Waals surface area contributed by atoms with Crippen molar-refractivity contribution in [3.8, 4) is 0 Å². The molecule has 5 heteroatoms. The Morgan fingerprint density at radius 3 is 2.72 bits per heavy atom. The molecule has 1 aliphatic rings. The number of nitrogens with two attached hydrogens (primary N) is 1. The number of furan rings is 1. The highest BCUT2D eigenvalue weighted by atomic mass is 16.3. The molecule has 0 saturated carbocycles. The van der Waals surface area contributed by atoms with Gasteiger partial charge in [-0.25, -0.2) is 0 Å². The molecular formula is C13H21N3O2. The molecule has 0 spiro atoms. The van der Waals surface area contributed by atoms with Gasteiger partial charge in [0.2, 0.25) is 5.91 Å². The molecule has 5 nitrogen and oxygen atoms in total. The number of hydrogen-bond acceptors (Lipinski definition) is 4. The number of carbonyl (C=O) groups is 1. The van der Waals surface area contributed by atoms with E-state index in [1.165, 1.54) is 0 Å². The molecule has 18 heavy (non-hydrogen) atoms. The zero-order chi connectivity index (χ0) is 13.0. The maximum Gasteiger partial charge on any atom is 0.227 e. The van der Waals surface area contributed by atoms with Gasteiger partial charge in [0.05, 0.1) is 18.4 Å². The summed E-state index contributed by atoms with van der Waals surface area (Å²) >= 11 is 0. The number of likely N-dealkylation sites (N-methyl/N-ethyl adjacent to an activating group) is 1. The first-order valence-corrected chi connectivity index (χ1v) is 6.39. The maximum atomic E-state index is 12.4. The van der Waals surface area contributed by atoms with E-state index in [4.69, 9.17) is 10.2 Å². The van der Waals surface area contributed by atoms with Gasteiger partial charge in [-0.1, -0.05) is 0 Å². The van der Waals surface area contributed by atoms with Crippen molar-refractivity contribution in [2.24, 2.45) is 11.7 Å². The summed E-state index contributed by atoms with van der Waals surface area (Å²) in [4.78, 5) is 16.5. The highest BCUT2D eigenvalue weighted by Gasteiger charge is 2.26. The summed E-state index contributed by atoms with van der Waals surface area (Å²) in [5.74, 6) is 0.0396. The lowest BCUT2D eigenvalue weighted by atomic mass is 9.99. The second-order valence-corrected chi connectivity index (χ2v) is 4.90. The fourth-order valence-electron chi connectivity index (χ4n) is 2.25. The molecule has 1 atom stereocenters. The van der Waals surface area contributed by atoms with Gasteiger partial charge in [-0.05, 0) is 25.1 Å².